The lowest BCUT2D eigenvalue weighted by molar-refractivity contribution is 0.00578. The molecule has 0 bridgehead atoms. The average molecular weight is 479 g/mol. The highest BCUT2D eigenvalue weighted by Gasteiger charge is 2.52. The van der Waals surface area contributed by atoms with Gasteiger partial charge in [-0.2, -0.15) is 0 Å². The summed E-state index contributed by atoms with van der Waals surface area (Å²) in [5.41, 5.74) is 0.153. The van der Waals surface area contributed by atoms with Gasteiger partial charge in [0.2, 0.25) is 11.8 Å². The second-order valence-electron chi connectivity index (χ2n) is 7.97. The minimum Gasteiger partial charge on any atom is -0.478 e. The summed E-state index contributed by atoms with van der Waals surface area (Å²) in [4.78, 5) is 8.32. The third-order valence-electron chi connectivity index (χ3n) is 4.92. The first-order valence-corrected chi connectivity index (χ1v) is 11.2. The van der Waals surface area contributed by atoms with Crippen LogP contribution in [0.1, 0.15) is 54.4 Å². The first kappa shape index (κ1) is 24.6. The van der Waals surface area contributed by atoms with Crippen LogP contribution in [0.2, 0.25) is 0 Å². The Labute approximate surface area is 189 Å². The SMILES string of the molecule is CCCOc1ncccc1B1OC(C)(C)C(C)(C)O1.CCCOc1ncccc1Br. The summed E-state index contributed by atoms with van der Waals surface area (Å²) in [6.07, 6.45) is 5.39. The second kappa shape index (κ2) is 11.1. The molecule has 0 spiro atoms. The third-order valence-corrected chi connectivity index (χ3v) is 5.52. The van der Waals surface area contributed by atoms with Crippen molar-refractivity contribution in [3.63, 3.8) is 0 Å². The van der Waals surface area contributed by atoms with Gasteiger partial charge >= 0.3 is 7.12 Å². The lowest BCUT2D eigenvalue weighted by atomic mass is 9.80. The van der Waals surface area contributed by atoms with Gasteiger partial charge in [0.25, 0.3) is 0 Å². The fourth-order valence-electron chi connectivity index (χ4n) is 2.55. The maximum Gasteiger partial charge on any atom is 0.500 e. The van der Waals surface area contributed by atoms with Crippen LogP contribution >= 0.6 is 15.9 Å². The van der Waals surface area contributed by atoms with Crippen molar-refractivity contribution in [1.29, 1.82) is 0 Å². The molecule has 0 aliphatic carbocycles. The fourth-order valence-corrected chi connectivity index (χ4v) is 2.92. The Bertz CT molecular complexity index is 788. The maximum atomic E-state index is 6.03. The highest BCUT2D eigenvalue weighted by atomic mass is 79.9. The van der Waals surface area contributed by atoms with Gasteiger partial charge in [-0.05, 0) is 74.7 Å². The van der Waals surface area contributed by atoms with Crippen LogP contribution in [-0.2, 0) is 9.31 Å². The molecule has 1 saturated heterocycles. The van der Waals surface area contributed by atoms with E-state index in [4.69, 9.17) is 18.8 Å². The van der Waals surface area contributed by atoms with Gasteiger partial charge in [0, 0.05) is 17.9 Å². The fraction of sp³-hybridized carbons (Fsp3) is 0.545. The molecule has 1 aliphatic heterocycles. The predicted molar refractivity (Wildman–Crippen MR) is 123 cm³/mol. The van der Waals surface area contributed by atoms with Crippen molar-refractivity contribution in [2.45, 2.75) is 65.6 Å². The Morgan fingerprint density at radius 3 is 1.90 bits per heavy atom. The zero-order valence-corrected chi connectivity index (χ0v) is 20.4. The number of pyridine rings is 2. The van der Waals surface area contributed by atoms with Crippen molar-refractivity contribution >= 4 is 28.5 Å². The van der Waals surface area contributed by atoms with Gasteiger partial charge < -0.3 is 18.8 Å². The molecule has 0 radical (unpaired) electrons. The van der Waals surface area contributed by atoms with Crippen LogP contribution in [0.25, 0.3) is 0 Å². The van der Waals surface area contributed by atoms with E-state index >= 15 is 0 Å². The number of halogens is 1. The Hall–Kier alpha value is -1.64. The molecule has 2 aromatic heterocycles. The van der Waals surface area contributed by atoms with Crippen LogP contribution < -0.4 is 14.9 Å². The van der Waals surface area contributed by atoms with Crippen LogP contribution in [0.4, 0.5) is 0 Å². The van der Waals surface area contributed by atoms with Crippen LogP contribution in [0.3, 0.4) is 0 Å². The van der Waals surface area contributed by atoms with E-state index in [1.807, 2.05) is 52.0 Å². The second-order valence-corrected chi connectivity index (χ2v) is 8.83. The van der Waals surface area contributed by atoms with E-state index < -0.39 is 7.12 Å². The van der Waals surface area contributed by atoms with Gasteiger partial charge in [-0.25, -0.2) is 9.97 Å². The largest absolute Gasteiger partial charge is 0.500 e. The van der Waals surface area contributed by atoms with E-state index in [9.17, 15) is 0 Å². The van der Waals surface area contributed by atoms with E-state index in [0.29, 0.717) is 18.4 Å². The summed E-state index contributed by atoms with van der Waals surface area (Å²) in [6.45, 7) is 13.6. The quantitative estimate of drug-likeness (QED) is 0.532. The average Bonchev–Trinajstić information content (AvgIpc) is 2.93. The molecule has 0 amide bonds. The lowest BCUT2D eigenvalue weighted by Gasteiger charge is -2.32. The van der Waals surface area contributed by atoms with Crippen molar-refractivity contribution in [2.75, 3.05) is 13.2 Å². The summed E-state index contributed by atoms with van der Waals surface area (Å²) in [5, 5.41) is 0. The normalized spacial score (nSPS) is 16.6. The van der Waals surface area contributed by atoms with E-state index in [2.05, 4.69) is 39.7 Å². The van der Waals surface area contributed by atoms with Crippen molar-refractivity contribution in [1.82, 2.24) is 9.97 Å². The van der Waals surface area contributed by atoms with Gasteiger partial charge in [-0.1, -0.05) is 19.9 Å². The molecular formula is C22H32BBrN2O4. The molecule has 1 aliphatic rings. The molecule has 6 nitrogen and oxygen atoms in total. The molecule has 0 N–H and O–H groups in total. The molecule has 0 saturated carbocycles. The van der Waals surface area contributed by atoms with Crippen LogP contribution in [0, 0.1) is 0 Å². The Morgan fingerprint density at radius 2 is 1.37 bits per heavy atom. The lowest BCUT2D eigenvalue weighted by Crippen LogP contribution is -2.41. The van der Waals surface area contributed by atoms with Gasteiger partial charge in [0.15, 0.2) is 0 Å². The van der Waals surface area contributed by atoms with Crippen LogP contribution in [0.15, 0.2) is 41.1 Å². The topological polar surface area (TPSA) is 62.7 Å². The third kappa shape index (κ3) is 6.43. The maximum absolute atomic E-state index is 6.03. The zero-order valence-electron chi connectivity index (χ0n) is 18.8. The first-order chi connectivity index (χ1) is 14.2. The van der Waals surface area contributed by atoms with Gasteiger partial charge in [0.1, 0.15) is 0 Å². The van der Waals surface area contributed by atoms with Crippen molar-refractivity contribution in [3.8, 4) is 11.8 Å². The highest BCUT2D eigenvalue weighted by molar-refractivity contribution is 9.10. The standard InChI is InChI=1S/C14H22BNO3.C8H10BrNO/c1-6-10-17-12-11(8-7-9-16-12)15-18-13(2,3)14(4,5)19-15;1-2-6-11-8-7(9)4-3-5-10-8/h7-9H,6,10H2,1-5H3;3-5H,2,6H2,1H3. The molecule has 8 heteroatoms. The predicted octanol–water partition coefficient (Wildman–Crippen LogP) is 4.80. The summed E-state index contributed by atoms with van der Waals surface area (Å²) in [7, 11) is -0.425. The summed E-state index contributed by atoms with van der Waals surface area (Å²) in [6, 6.07) is 7.60. The minimum absolute atomic E-state index is 0.352. The van der Waals surface area contributed by atoms with Gasteiger partial charge in [-0.15, -0.1) is 0 Å². The summed E-state index contributed by atoms with van der Waals surface area (Å²) >= 11 is 3.34. The summed E-state index contributed by atoms with van der Waals surface area (Å²) < 4.78 is 24.0. The van der Waals surface area contributed by atoms with E-state index in [0.717, 1.165) is 29.4 Å². The number of nitrogens with zero attached hydrogens (tertiary/aromatic N) is 2. The molecule has 0 unspecified atom stereocenters. The molecule has 0 aromatic carbocycles. The van der Waals surface area contributed by atoms with E-state index in [1.165, 1.54) is 0 Å². The number of aromatic nitrogens is 2. The van der Waals surface area contributed by atoms with Crippen molar-refractivity contribution < 1.29 is 18.8 Å². The van der Waals surface area contributed by atoms with Crippen LogP contribution in [-0.4, -0.2) is 41.5 Å². The van der Waals surface area contributed by atoms with Gasteiger partial charge in [0.05, 0.1) is 28.9 Å². The first-order valence-electron chi connectivity index (χ1n) is 10.4. The van der Waals surface area contributed by atoms with Crippen molar-refractivity contribution in [3.05, 3.63) is 41.1 Å². The molecule has 3 rings (SSSR count). The Balaban J connectivity index is 0.000000248. The summed E-state index contributed by atoms with van der Waals surface area (Å²) in [5.74, 6) is 1.28. The van der Waals surface area contributed by atoms with Gasteiger partial charge in [-0.3, -0.25) is 0 Å². The van der Waals surface area contributed by atoms with E-state index in [1.54, 1.807) is 12.4 Å². The molecule has 30 heavy (non-hydrogen) atoms. The Morgan fingerprint density at radius 1 is 0.867 bits per heavy atom. The minimum atomic E-state index is -0.425. The molecule has 1 fully saturated rings. The zero-order chi connectivity index (χ0) is 22.2. The highest BCUT2D eigenvalue weighted by Crippen LogP contribution is 2.37. The number of rotatable bonds is 7. The number of hydrogen-bond acceptors (Lipinski definition) is 6. The number of hydrogen-bond donors (Lipinski definition) is 0. The molecule has 164 valence electrons. The molecular weight excluding hydrogens is 447 g/mol. The van der Waals surface area contributed by atoms with Crippen molar-refractivity contribution in [2.24, 2.45) is 0 Å². The molecule has 0 atom stereocenters. The smallest absolute Gasteiger partial charge is 0.478 e. The van der Waals surface area contributed by atoms with Crippen LogP contribution in [0.5, 0.6) is 11.8 Å². The number of ether oxygens (including phenoxy) is 2. The molecule has 3 heterocycles. The van der Waals surface area contributed by atoms with E-state index in [-0.39, 0.29) is 11.2 Å². The molecule has 2 aromatic rings. The monoisotopic (exact) mass is 478 g/mol. The Kier molecular flexibility index (Phi) is 9.13.